The van der Waals surface area contributed by atoms with E-state index in [1.165, 1.54) is 0 Å². The molecule has 0 fully saturated rings. The van der Waals surface area contributed by atoms with Crippen molar-refractivity contribution in [3.8, 4) is 0 Å². The molecule has 0 rings (SSSR count). The van der Waals surface area contributed by atoms with Crippen LogP contribution in [0.1, 0.15) is 6.92 Å². The van der Waals surface area contributed by atoms with E-state index in [0.717, 1.165) is 72.0 Å². The van der Waals surface area contributed by atoms with Gasteiger partial charge < -0.3 is 30.7 Å². The van der Waals surface area contributed by atoms with Crippen LogP contribution in [0.15, 0.2) is 0 Å². The van der Waals surface area contributed by atoms with Crippen LogP contribution in [0.5, 0.6) is 0 Å². The lowest BCUT2D eigenvalue weighted by Crippen LogP contribution is -2.40. The van der Waals surface area contributed by atoms with Crippen molar-refractivity contribution in [3.05, 3.63) is 0 Å². The molecule has 0 saturated heterocycles. The molecule has 0 unspecified atom stereocenters. The summed E-state index contributed by atoms with van der Waals surface area (Å²) < 4.78 is 0. The predicted molar refractivity (Wildman–Crippen MR) is 97.6 cm³/mol. The minimum Gasteiger partial charge on any atom is -0.329 e. The number of nitrogens with two attached hydrogens (primary N) is 1. The molecule has 0 aromatic rings. The zero-order valence-corrected chi connectivity index (χ0v) is 15.6. The molecule has 0 aliphatic rings. The number of rotatable bonds is 15. The molecule has 0 aromatic carbocycles. The summed E-state index contributed by atoms with van der Waals surface area (Å²) >= 11 is 0. The average molecular weight is 317 g/mol. The van der Waals surface area contributed by atoms with Crippen molar-refractivity contribution in [2.45, 2.75) is 6.92 Å². The minimum atomic E-state index is 0.742. The molecule has 22 heavy (non-hydrogen) atoms. The first-order valence-corrected chi connectivity index (χ1v) is 8.64. The van der Waals surface area contributed by atoms with E-state index >= 15 is 0 Å². The van der Waals surface area contributed by atoms with Gasteiger partial charge >= 0.3 is 0 Å². The first kappa shape index (κ1) is 21.8. The van der Waals surface area contributed by atoms with Crippen molar-refractivity contribution in [1.29, 1.82) is 0 Å². The van der Waals surface area contributed by atoms with Gasteiger partial charge in [-0.3, -0.25) is 0 Å². The summed E-state index contributed by atoms with van der Waals surface area (Å²) in [4.78, 5) is 9.41. The molecule has 134 valence electrons. The summed E-state index contributed by atoms with van der Waals surface area (Å²) in [5.41, 5.74) is 5.57. The van der Waals surface area contributed by atoms with E-state index in [2.05, 4.69) is 60.0 Å². The number of likely N-dealkylation sites (N-methyl/N-ethyl adjacent to an activating group) is 4. The SMILES string of the molecule is CCN(CCNCCN(C)CCN(C)C)CCN(C)CCN. The molecule has 0 spiro atoms. The Morgan fingerprint density at radius 3 is 1.91 bits per heavy atom. The Morgan fingerprint density at radius 2 is 1.32 bits per heavy atom. The third-order valence-corrected chi connectivity index (χ3v) is 3.96. The van der Waals surface area contributed by atoms with Crippen molar-refractivity contribution in [3.63, 3.8) is 0 Å². The molecule has 6 heteroatoms. The zero-order valence-electron chi connectivity index (χ0n) is 15.6. The second kappa shape index (κ2) is 14.4. The third kappa shape index (κ3) is 13.4. The van der Waals surface area contributed by atoms with Crippen LogP contribution < -0.4 is 11.1 Å². The Kier molecular flexibility index (Phi) is 14.2. The smallest absolute Gasteiger partial charge is 0.0110 e. The summed E-state index contributed by atoms with van der Waals surface area (Å²) in [6.45, 7) is 13.9. The molecule has 0 bridgehead atoms. The molecule has 0 atom stereocenters. The van der Waals surface area contributed by atoms with E-state index in [0.29, 0.717) is 0 Å². The van der Waals surface area contributed by atoms with Crippen LogP contribution in [0.3, 0.4) is 0 Å². The van der Waals surface area contributed by atoms with Crippen molar-refractivity contribution >= 4 is 0 Å². The summed E-state index contributed by atoms with van der Waals surface area (Å²) in [5.74, 6) is 0. The van der Waals surface area contributed by atoms with Crippen LogP contribution in [0.25, 0.3) is 0 Å². The highest BCUT2D eigenvalue weighted by Crippen LogP contribution is 1.89. The Hall–Kier alpha value is -0.240. The first-order valence-electron chi connectivity index (χ1n) is 8.64. The summed E-state index contributed by atoms with van der Waals surface area (Å²) in [7, 11) is 8.58. The van der Waals surface area contributed by atoms with Gasteiger partial charge in [0.15, 0.2) is 0 Å². The molecular formula is C16H40N6. The number of hydrogen-bond acceptors (Lipinski definition) is 6. The van der Waals surface area contributed by atoms with E-state index in [4.69, 9.17) is 5.73 Å². The predicted octanol–water partition coefficient (Wildman–Crippen LogP) is -0.718. The number of nitrogens with zero attached hydrogens (tertiary/aromatic N) is 4. The Bertz CT molecular complexity index is 237. The maximum absolute atomic E-state index is 5.57. The van der Waals surface area contributed by atoms with Crippen LogP contribution in [-0.2, 0) is 0 Å². The van der Waals surface area contributed by atoms with Crippen LogP contribution in [0.4, 0.5) is 0 Å². The highest BCUT2D eigenvalue weighted by Gasteiger charge is 2.04. The van der Waals surface area contributed by atoms with Crippen LogP contribution >= 0.6 is 0 Å². The van der Waals surface area contributed by atoms with E-state index in [9.17, 15) is 0 Å². The fourth-order valence-electron chi connectivity index (χ4n) is 2.19. The third-order valence-electron chi connectivity index (χ3n) is 3.96. The van der Waals surface area contributed by atoms with E-state index < -0.39 is 0 Å². The Labute approximate surface area is 138 Å². The molecule has 6 nitrogen and oxygen atoms in total. The van der Waals surface area contributed by atoms with Crippen molar-refractivity contribution in [1.82, 2.24) is 24.9 Å². The van der Waals surface area contributed by atoms with Crippen LogP contribution in [0, 0.1) is 0 Å². The lowest BCUT2D eigenvalue weighted by molar-refractivity contribution is 0.233. The van der Waals surface area contributed by atoms with E-state index in [1.807, 2.05) is 0 Å². The van der Waals surface area contributed by atoms with Gasteiger partial charge in [-0.15, -0.1) is 0 Å². The zero-order chi connectivity index (χ0) is 16.8. The Balaban J connectivity index is 3.57. The van der Waals surface area contributed by atoms with E-state index in [-0.39, 0.29) is 0 Å². The second-order valence-corrected chi connectivity index (χ2v) is 6.38. The molecule has 0 radical (unpaired) electrons. The highest BCUT2D eigenvalue weighted by atomic mass is 15.2. The Morgan fingerprint density at radius 1 is 0.727 bits per heavy atom. The standard InChI is InChI=1S/C16H40N6/c1-6-22(16-15-20(4)10-7-17)12-9-18-8-11-21(5)14-13-19(2)3/h18H,6-17H2,1-5H3. The second-order valence-electron chi connectivity index (χ2n) is 6.38. The molecule has 0 aromatic heterocycles. The van der Waals surface area contributed by atoms with Gasteiger partial charge in [-0.25, -0.2) is 0 Å². The first-order chi connectivity index (χ1) is 10.5. The van der Waals surface area contributed by atoms with Gasteiger partial charge in [0.25, 0.3) is 0 Å². The van der Waals surface area contributed by atoms with Crippen molar-refractivity contribution in [2.24, 2.45) is 5.73 Å². The molecule has 0 saturated carbocycles. The fourth-order valence-corrected chi connectivity index (χ4v) is 2.19. The van der Waals surface area contributed by atoms with Gasteiger partial charge in [-0.1, -0.05) is 6.92 Å². The molecule has 0 aliphatic heterocycles. The average Bonchev–Trinajstić information content (AvgIpc) is 2.48. The number of hydrogen-bond donors (Lipinski definition) is 2. The van der Waals surface area contributed by atoms with Gasteiger partial charge in [0.1, 0.15) is 0 Å². The van der Waals surface area contributed by atoms with Gasteiger partial charge in [0.05, 0.1) is 0 Å². The minimum absolute atomic E-state index is 0.742. The van der Waals surface area contributed by atoms with Gasteiger partial charge in [0, 0.05) is 65.4 Å². The lowest BCUT2D eigenvalue weighted by Gasteiger charge is -2.24. The topological polar surface area (TPSA) is 51.0 Å². The molecule has 0 amide bonds. The van der Waals surface area contributed by atoms with E-state index in [1.54, 1.807) is 0 Å². The van der Waals surface area contributed by atoms with Gasteiger partial charge in [-0.05, 0) is 34.7 Å². The molecular weight excluding hydrogens is 276 g/mol. The summed E-state index contributed by atoms with van der Waals surface area (Å²) in [5, 5.41) is 3.55. The van der Waals surface area contributed by atoms with Crippen molar-refractivity contribution < 1.29 is 0 Å². The molecule has 0 heterocycles. The molecule has 3 N–H and O–H groups in total. The summed E-state index contributed by atoms with van der Waals surface area (Å²) in [6, 6.07) is 0. The largest absolute Gasteiger partial charge is 0.329 e. The monoisotopic (exact) mass is 316 g/mol. The maximum Gasteiger partial charge on any atom is 0.0110 e. The summed E-state index contributed by atoms with van der Waals surface area (Å²) in [6.07, 6.45) is 0. The van der Waals surface area contributed by atoms with Gasteiger partial charge in [-0.2, -0.15) is 0 Å². The van der Waals surface area contributed by atoms with Gasteiger partial charge in [0.2, 0.25) is 0 Å². The normalized spacial score (nSPS) is 12.3. The van der Waals surface area contributed by atoms with Crippen molar-refractivity contribution in [2.75, 3.05) is 100 Å². The highest BCUT2D eigenvalue weighted by molar-refractivity contribution is 4.63. The van der Waals surface area contributed by atoms with Crippen LogP contribution in [0.2, 0.25) is 0 Å². The lowest BCUT2D eigenvalue weighted by atomic mass is 10.4. The molecule has 0 aliphatic carbocycles. The quantitative estimate of drug-likeness (QED) is 0.389. The maximum atomic E-state index is 5.57. The van der Waals surface area contributed by atoms with Crippen LogP contribution in [-0.4, -0.2) is 120 Å². The fraction of sp³-hybridized carbons (Fsp3) is 1.00. The number of nitrogens with one attached hydrogen (secondary N) is 1.